The molecule has 76 heavy (non-hydrogen) atoms. The Labute approximate surface area is 476 Å². The van der Waals surface area contributed by atoms with Crippen molar-refractivity contribution in [1.82, 2.24) is 0 Å². The summed E-state index contributed by atoms with van der Waals surface area (Å²) in [6, 6.07) is 7.09. The molecule has 0 spiro atoms. The molecule has 20 nitrogen and oxygen atoms in total. The molecule has 6 aliphatic rings. The third-order valence-electron chi connectivity index (χ3n) is 15.8. The van der Waals surface area contributed by atoms with Gasteiger partial charge in [-0.25, -0.2) is 0 Å². The van der Waals surface area contributed by atoms with Crippen molar-refractivity contribution in [2.24, 2.45) is 0 Å². The van der Waals surface area contributed by atoms with Crippen molar-refractivity contribution in [3.05, 3.63) is 0 Å². The van der Waals surface area contributed by atoms with Crippen LogP contribution in [0.15, 0.2) is 0 Å². The first-order chi connectivity index (χ1) is 34.5. The molecule has 6 unspecified atom stereocenters. The fourth-order valence-electron chi connectivity index (χ4n) is 9.38. The quantitative estimate of drug-likeness (QED) is 0.0601. The number of rotatable bonds is 32. The Bertz CT molecular complexity index is 1710. The van der Waals surface area contributed by atoms with Gasteiger partial charge >= 0.3 is 70.4 Å². The van der Waals surface area contributed by atoms with Crippen LogP contribution in [0, 0.1) is 0 Å². The summed E-state index contributed by atoms with van der Waals surface area (Å²) in [4.78, 5) is 23.0. The van der Waals surface area contributed by atoms with Crippen LogP contribution in [0.2, 0.25) is 201 Å². The van der Waals surface area contributed by atoms with Gasteiger partial charge in [-0.1, -0.05) is 0 Å². The fourth-order valence-corrected chi connectivity index (χ4v) is 82.0. The SMILES string of the molecule is CO[Si](C)(C)CC[Si]12O[Si]3(CC[Si](C)(C)OC)O[Si]4(CCC[Si](C)(C)O)O[Si](CCC[Si](C)(C)O)(O1)O[Si@@]1(CC[Si](C)(C)OC)O[Si](CC[Si](C)(C)OC)(O2)O[Si](CC[Si](C)(C)OC)(O3)O[Si@@](CC[Si](C)(C)OC)(O4)O1. The predicted molar refractivity (Wildman–Crippen MR) is 332 cm³/mol. The van der Waals surface area contributed by atoms with Gasteiger partial charge in [0.1, 0.15) is 0 Å². The molecule has 8 bridgehead atoms. The van der Waals surface area contributed by atoms with E-state index in [9.17, 15) is 9.59 Å². The van der Waals surface area contributed by atoms with Gasteiger partial charge in [-0.15, -0.1) is 0 Å². The maximum atomic E-state index is 11.5. The first-order valence-electron chi connectivity index (χ1n) is 27.7. The van der Waals surface area contributed by atoms with Crippen LogP contribution in [0.3, 0.4) is 0 Å². The summed E-state index contributed by atoms with van der Waals surface area (Å²) < 4.78 is 136. The van der Waals surface area contributed by atoms with E-state index in [-0.39, 0.29) is 12.1 Å². The summed E-state index contributed by atoms with van der Waals surface area (Å²) in [6.07, 6.45) is 1.02. The molecule has 36 heteroatoms. The highest BCUT2D eigenvalue weighted by atomic mass is 28.6. The summed E-state index contributed by atoms with van der Waals surface area (Å²) in [6.45, 7) is 34.0. The molecule has 0 radical (unpaired) electrons. The lowest BCUT2D eigenvalue weighted by molar-refractivity contribution is -0.0295. The topological polar surface area (TPSA) is 207 Å². The minimum Gasteiger partial charge on any atom is -0.432 e. The molecule has 0 aromatic rings. The van der Waals surface area contributed by atoms with E-state index in [0.29, 0.717) is 97.5 Å². The number of hydrogen-bond acceptors (Lipinski definition) is 20. The van der Waals surface area contributed by atoms with Crippen molar-refractivity contribution in [2.45, 2.75) is 214 Å². The summed E-state index contributed by atoms with van der Waals surface area (Å²) in [5.41, 5.74) is 0. The second-order valence-corrected chi connectivity index (χ2v) is 86.3. The fraction of sp³-hybridized carbons (Fsp3) is 1.00. The Kier molecular flexibility index (Phi) is 23.0. The molecular weight excluding hydrogens is 1250 g/mol. The maximum absolute atomic E-state index is 11.5. The van der Waals surface area contributed by atoms with Crippen molar-refractivity contribution < 1.29 is 85.5 Å². The van der Waals surface area contributed by atoms with Crippen molar-refractivity contribution in [3.63, 3.8) is 0 Å². The Morgan fingerprint density at radius 3 is 0.487 bits per heavy atom. The highest BCUT2D eigenvalue weighted by molar-refractivity contribution is 7.04. The van der Waals surface area contributed by atoms with Crippen LogP contribution in [-0.2, 0) is 75.9 Å². The van der Waals surface area contributed by atoms with Gasteiger partial charge in [-0.05, 0) is 166 Å². The minimum absolute atomic E-state index is 0.275. The van der Waals surface area contributed by atoms with E-state index in [1.165, 1.54) is 0 Å². The molecule has 0 amide bonds. The monoisotopic (exact) mass is 1350 g/mol. The van der Waals surface area contributed by atoms with Gasteiger partial charge in [0.2, 0.25) is 0 Å². The van der Waals surface area contributed by atoms with Crippen LogP contribution in [0.5, 0.6) is 0 Å². The lowest BCUT2D eigenvalue weighted by Crippen LogP contribution is -2.88. The van der Waals surface area contributed by atoms with E-state index in [1.807, 2.05) is 26.2 Å². The molecular formula is C40H104O20Si16. The van der Waals surface area contributed by atoms with Gasteiger partial charge in [-0.3, -0.25) is 0 Å². The zero-order chi connectivity index (χ0) is 57.5. The van der Waals surface area contributed by atoms with Crippen molar-refractivity contribution in [3.8, 4) is 0 Å². The number of hydrogen-bond donors (Lipinski definition) is 2. The average Bonchev–Trinajstić information content (AvgIpc) is 3.27. The van der Waals surface area contributed by atoms with E-state index < -0.39 is 137 Å². The third-order valence-corrected chi connectivity index (χ3v) is 74.3. The Balaban J connectivity index is 2.04. The molecule has 8 atom stereocenters. The maximum Gasteiger partial charge on any atom is 0.478 e. The van der Waals surface area contributed by atoms with Crippen molar-refractivity contribution in [2.75, 3.05) is 42.7 Å². The van der Waals surface area contributed by atoms with E-state index in [2.05, 4.69) is 78.6 Å². The summed E-state index contributed by atoms with van der Waals surface area (Å²) in [5.74, 6) is 0. The molecule has 6 rings (SSSR count). The van der Waals surface area contributed by atoms with E-state index in [4.69, 9.17) is 75.9 Å². The van der Waals surface area contributed by atoms with Gasteiger partial charge < -0.3 is 85.5 Å². The highest BCUT2D eigenvalue weighted by Crippen LogP contribution is 2.56. The predicted octanol–water partition coefficient (Wildman–Crippen LogP) is 10.0. The lowest BCUT2D eigenvalue weighted by Gasteiger charge is -2.63. The zero-order valence-corrected chi connectivity index (χ0v) is 67.0. The highest BCUT2D eigenvalue weighted by Gasteiger charge is 2.83. The first kappa shape index (κ1) is 69.4. The van der Waals surface area contributed by atoms with Crippen LogP contribution in [-0.4, -0.2) is 189 Å². The van der Waals surface area contributed by atoms with Gasteiger partial charge in [0, 0.05) is 91.0 Å². The van der Waals surface area contributed by atoms with Crippen LogP contribution in [0.25, 0.3) is 0 Å². The second kappa shape index (κ2) is 25.2. The van der Waals surface area contributed by atoms with Gasteiger partial charge in [0.05, 0.1) is 0 Å². The van der Waals surface area contributed by atoms with Crippen LogP contribution >= 0.6 is 0 Å². The van der Waals surface area contributed by atoms with Crippen molar-refractivity contribution in [1.29, 1.82) is 0 Å². The van der Waals surface area contributed by atoms with Crippen molar-refractivity contribution >= 4 is 137 Å². The molecule has 0 saturated carbocycles. The van der Waals surface area contributed by atoms with Gasteiger partial charge in [0.25, 0.3) is 0 Å². The molecule has 448 valence electrons. The third kappa shape index (κ3) is 19.3. The molecule has 0 aliphatic carbocycles. The van der Waals surface area contributed by atoms with E-state index >= 15 is 0 Å². The van der Waals surface area contributed by atoms with Crippen LogP contribution in [0.4, 0.5) is 0 Å². The zero-order valence-electron chi connectivity index (χ0n) is 51.0. The summed E-state index contributed by atoms with van der Waals surface area (Å²) in [7, 11) is -43.9. The average molecular weight is 1350 g/mol. The van der Waals surface area contributed by atoms with E-state index in [0.717, 1.165) is 0 Å². The Hall–Kier alpha value is 2.67. The molecule has 6 fully saturated rings. The minimum atomic E-state index is -4.35. The lowest BCUT2D eigenvalue weighted by atomic mass is 10.6. The smallest absolute Gasteiger partial charge is 0.432 e. The normalized spacial score (nSPS) is 33.8. The Morgan fingerprint density at radius 1 is 0.237 bits per heavy atom. The summed E-state index contributed by atoms with van der Waals surface area (Å²) >= 11 is 0. The molecule has 2 N–H and O–H groups in total. The largest absolute Gasteiger partial charge is 0.478 e. The molecule has 6 heterocycles. The van der Waals surface area contributed by atoms with Crippen LogP contribution in [0.1, 0.15) is 12.8 Å². The molecule has 6 aliphatic heterocycles. The van der Waals surface area contributed by atoms with E-state index in [1.54, 1.807) is 42.7 Å². The van der Waals surface area contributed by atoms with Gasteiger partial charge in [-0.2, -0.15) is 0 Å². The van der Waals surface area contributed by atoms with Gasteiger partial charge in [0.15, 0.2) is 66.5 Å². The molecule has 0 aromatic carbocycles. The first-order valence-corrected chi connectivity index (χ1v) is 68.1. The second-order valence-electron chi connectivity index (χ2n) is 26.8. The molecule has 6 saturated heterocycles. The standard InChI is InChI=1S/C40H104O20Si16/c1-43-63(11,12)29-35-71-50-69(27-23-25-61(7,8)41)49-70(28-24-26-62(9,10)42)52-72(54-71,36-30-64(13,14)44-2)57-76(40-34-68(21,22)48-6)59-74(53-70,38-32-66(17,18)46-4)55-73(51-69,37-31-65(15,16)45-3)58-75(56-71,60-76)39-33-67(19,20)47-5/h41-42H,23-40H2,1-22H3/t69?,70?,71-,72+,73?,74?,75?,76?. The Morgan fingerprint density at radius 2 is 0.368 bits per heavy atom. The molecule has 0 aromatic heterocycles. The summed E-state index contributed by atoms with van der Waals surface area (Å²) in [5, 5.41) is 0. The van der Waals surface area contributed by atoms with Crippen LogP contribution < -0.4 is 0 Å².